The molecule has 0 aliphatic rings. The predicted molar refractivity (Wildman–Crippen MR) is 95.6 cm³/mol. The third-order valence-corrected chi connectivity index (χ3v) is 4.13. The highest BCUT2D eigenvalue weighted by atomic mass is 19.1. The standard InChI is InChI=1S/C22H19FO2/c1-16(17-12-14-20(23)15-13-17)25-22(24)21(18-8-4-2-5-9-18)19-10-6-3-7-11-19/h2-16,21H,1H3/t16-/m1/s1. The second kappa shape index (κ2) is 7.75. The smallest absolute Gasteiger partial charge is 0.318 e. The zero-order valence-corrected chi connectivity index (χ0v) is 13.9. The minimum absolute atomic E-state index is 0.311. The third kappa shape index (κ3) is 4.13. The van der Waals surface area contributed by atoms with Gasteiger partial charge in [-0.1, -0.05) is 72.8 Å². The molecule has 3 aromatic carbocycles. The van der Waals surface area contributed by atoms with Crippen LogP contribution in [0.25, 0.3) is 0 Å². The first-order valence-corrected chi connectivity index (χ1v) is 8.21. The van der Waals surface area contributed by atoms with Crippen LogP contribution >= 0.6 is 0 Å². The molecular formula is C22H19FO2. The fraction of sp³-hybridized carbons (Fsp3) is 0.136. The van der Waals surface area contributed by atoms with Gasteiger partial charge in [0.2, 0.25) is 0 Å². The number of esters is 1. The molecule has 2 nitrogen and oxygen atoms in total. The lowest BCUT2D eigenvalue weighted by Crippen LogP contribution is -2.19. The minimum atomic E-state index is -0.495. The lowest BCUT2D eigenvalue weighted by Gasteiger charge is -2.20. The van der Waals surface area contributed by atoms with Crippen molar-refractivity contribution in [1.82, 2.24) is 0 Å². The van der Waals surface area contributed by atoms with Crippen molar-refractivity contribution in [2.45, 2.75) is 18.9 Å². The number of benzene rings is 3. The van der Waals surface area contributed by atoms with Gasteiger partial charge in [-0.15, -0.1) is 0 Å². The van der Waals surface area contributed by atoms with E-state index in [-0.39, 0.29) is 11.8 Å². The molecule has 0 aliphatic carbocycles. The van der Waals surface area contributed by atoms with Gasteiger partial charge in [0.15, 0.2) is 0 Å². The van der Waals surface area contributed by atoms with Crippen LogP contribution in [0.5, 0.6) is 0 Å². The van der Waals surface area contributed by atoms with Crippen molar-refractivity contribution in [3.8, 4) is 0 Å². The molecule has 126 valence electrons. The maximum Gasteiger partial charge on any atom is 0.318 e. The van der Waals surface area contributed by atoms with Gasteiger partial charge >= 0.3 is 5.97 Å². The molecule has 0 bridgehead atoms. The molecule has 3 heteroatoms. The van der Waals surface area contributed by atoms with E-state index in [1.54, 1.807) is 19.1 Å². The molecule has 0 saturated carbocycles. The lowest BCUT2D eigenvalue weighted by atomic mass is 9.91. The Bertz CT molecular complexity index is 774. The van der Waals surface area contributed by atoms with Crippen LogP contribution in [0.15, 0.2) is 84.9 Å². The highest BCUT2D eigenvalue weighted by Gasteiger charge is 2.26. The van der Waals surface area contributed by atoms with Gasteiger partial charge in [-0.3, -0.25) is 4.79 Å². The van der Waals surface area contributed by atoms with Crippen LogP contribution in [0.1, 0.15) is 35.6 Å². The van der Waals surface area contributed by atoms with Crippen molar-refractivity contribution < 1.29 is 13.9 Å². The second-order valence-electron chi connectivity index (χ2n) is 5.89. The summed E-state index contributed by atoms with van der Waals surface area (Å²) in [5, 5.41) is 0. The Morgan fingerprint density at radius 2 is 1.24 bits per heavy atom. The molecule has 0 radical (unpaired) electrons. The molecule has 0 aliphatic heterocycles. The van der Waals surface area contributed by atoms with Gasteiger partial charge in [-0.25, -0.2) is 4.39 Å². The molecule has 0 fully saturated rings. The molecule has 0 aromatic heterocycles. The summed E-state index contributed by atoms with van der Waals surface area (Å²) >= 11 is 0. The Morgan fingerprint density at radius 3 is 1.72 bits per heavy atom. The van der Waals surface area contributed by atoms with Crippen LogP contribution < -0.4 is 0 Å². The van der Waals surface area contributed by atoms with E-state index in [1.807, 2.05) is 60.7 Å². The maximum absolute atomic E-state index is 13.1. The van der Waals surface area contributed by atoms with Gasteiger partial charge in [0.25, 0.3) is 0 Å². The molecule has 1 atom stereocenters. The third-order valence-electron chi connectivity index (χ3n) is 4.13. The van der Waals surface area contributed by atoms with Gasteiger partial charge < -0.3 is 4.74 Å². The van der Waals surface area contributed by atoms with E-state index in [2.05, 4.69) is 0 Å². The number of ether oxygens (including phenoxy) is 1. The molecule has 25 heavy (non-hydrogen) atoms. The Kier molecular flexibility index (Phi) is 5.24. The SMILES string of the molecule is C[C@@H](OC(=O)C(c1ccccc1)c1ccccc1)c1ccc(F)cc1. The van der Waals surface area contributed by atoms with E-state index >= 15 is 0 Å². The van der Waals surface area contributed by atoms with E-state index in [0.717, 1.165) is 16.7 Å². The summed E-state index contributed by atoms with van der Waals surface area (Å²) in [4.78, 5) is 12.9. The first-order valence-electron chi connectivity index (χ1n) is 8.21. The number of halogens is 1. The predicted octanol–water partition coefficient (Wildman–Crippen LogP) is 5.26. The molecule has 0 amide bonds. The number of hydrogen-bond acceptors (Lipinski definition) is 2. The van der Waals surface area contributed by atoms with Crippen LogP contribution in [0.2, 0.25) is 0 Å². The summed E-state index contributed by atoms with van der Waals surface area (Å²) in [5.74, 6) is -1.13. The summed E-state index contributed by atoms with van der Waals surface area (Å²) < 4.78 is 18.8. The molecule has 0 saturated heterocycles. The first-order chi connectivity index (χ1) is 12.1. The minimum Gasteiger partial charge on any atom is -0.457 e. The van der Waals surface area contributed by atoms with Gasteiger partial charge in [-0.05, 0) is 35.7 Å². The van der Waals surface area contributed by atoms with Gasteiger partial charge in [0, 0.05) is 0 Å². The highest BCUT2D eigenvalue weighted by molar-refractivity contribution is 5.82. The molecule has 3 aromatic rings. The maximum atomic E-state index is 13.1. The van der Waals surface area contributed by atoms with E-state index < -0.39 is 12.0 Å². The number of carbonyl (C=O) groups excluding carboxylic acids is 1. The van der Waals surface area contributed by atoms with Gasteiger partial charge in [-0.2, -0.15) is 0 Å². The first kappa shape index (κ1) is 16.9. The van der Waals surface area contributed by atoms with Crippen molar-refractivity contribution in [3.63, 3.8) is 0 Å². The number of rotatable bonds is 5. The zero-order chi connectivity index (χ0) is 17.6. The largest absolute Gasteiger partial charge is 0.457 e. The molecular weight excluding hydrogens is 315 g/mol. The zero-order valence-electron chi connectivity index (χ0n) is 13.9. The number of hydrogen-bond donors (Lipinski definition) is 0. The van der Waals surface area contributed by atoms with Crippen molar-refractivity contribution in [2.75, 3.05) is 0 Å². The Morgan fingerprint density at radius 1 is 0.760 bits per heavy atom. The highest BCUT2D eigenvalue weighted by Crippen LogP contribution is 2.28. The molecule has 0 unspecified atom stereocenters. The fourth-order valence-electron chi connectivity index (χ4n) is 2.80. The van der Waals surface area contributed by atoms with E-state index in [0.29, 0.717) is 0 Å². The Labute approximate surface area is 146 Å². The summed E-state index contributed by atoms with van der Waals surface area (Å²) in [6, 6.07) is 25.1. The van der Waals surface area contributed by atoms with Gasteiger partial charge in [0.1, 0.15) is 17.8 Å². The number of carbonyl (C=O) groups is 1. The van der Waals surface area contributed by atoms with Crippen molar-refractivity contribution in [3.05, 3.63) is 107 Å². The Balaban J connectivity index is 1.86. The monoisotopic (exact) mass is 334 g/mol. The fourth-order valence-corrected chi connectivity index (χ4v) is 2.80. The van der Waals surface area contributed by atoms with Crippen molar-refractivity contribution >= 4 is 5.97 Å². The van der Waals surface area contributed by atoms with E-state index in [9.17, 15) is 9.18 Å². The van der Waals surface area contributed by atoms with Crippen LogP contribution in [-0.2, 0) is 9.53 Å². The molecule has 3 rings (SSSR count). The van der Waals surface area contributed by atoms with Crippen LogP contribution in [0, 0.1) is 5.82 Å². The van der Waals surface area contributed by atoms with Gasteiger partial charge in [0.05, 0.1) is 0 Å². The van der Waals surface area contributed by atoms with E-state index in [4.69, 9.17) is 4.74 Å². The summed E-state index contributed by atoms with van der Waals surface area (Å²) in [6.45, 7) is 1.79. The van der Waals surface area contributed by atoms with Crippen LogP contribution in [-0.4, -0.2) is 5.97 Å². The Hall–Kier alpha value is -2.94. The summed E-state index contributed by atoms with van der Waals surface area (Å²) in [7, 11) is 0. The topological polar surface area (TPSA) is 26.3 Å². The summed E-state index contributed by atoms with van der Waals surface area (Å²) in [6.07, 6.45) is -0.456. The quantitative estimate of drug-likeness (QED) is 0.595. The normalized spacial score (nSPS) is 12.0. The molecule has 0 spiro atoms. The second-order valence-corrected chi connectivity index (χ2v) is 5.89. The summed E-state index contributed by atoms with van der Waals surface area (Å²) in [5.41, 5.74) is 2.52. The van der Waals surface area contributed by atoms with Crippen LogP contribution in [0.3, 0.4) is 0 Å². The molecule has 0 N–H and O–H groups in total. The molecule has 0 heterocycles. The average molecular weight is 334 g/mol. The lowest BCUT2D eigenvalue weighted by molar-refractivity contribution is -0.149. The van der Waals surface area contributed by atoms with E-state index in [1.165, 1.54) is 12.1 Å². The van der Waals surface area contributed by atoms with Crippen LogP contribution in [0.4, 0.5) is 4.39 Å². The average Bonchev–Trinajstić information content (AvgIpc) is 2.64. The van der Waals surface area contributed by atoms with Crippen molar-refractivity contribution in [2.24, 2.45) is 0 Å². The van der Waals surface area contributed by atoms with Crippen molar-refractivity contribution in [1.29, 1.82) is 0 Å².